The van der Waals surface area contributed by atoms with Crippen LogP contribution in [-0.2, 0) is 0 Å². The molecule has 0 aliphatic heterocycles. The number of imidazole rings is 1. The maximum absolute atomic E-state index is 9.08. The molecule has 5 aromatic rings. The van der Waals surface area contributed by atoms with Crippen molar-refractivity contribution in [2.24, 2.45) is 0 Å². The van der Waals surface area contributed by atoms with Gasteiger partial charge in [0.05, 0.1) is 22.7 Å². The number of aromatic nitrogens is 2. The number of hydrogen-bond acceptors (Lipinski definition) is 2. The van der Waals surface area contributed by atoms with Gasteiger partial charge in [0.15, 0.2) is 0 Å². The minimum Gasteiger partial charge on any atom is -0.338 e. The summed E-state index contributed by atoms with van der Waals surface area (Å²) in [5.41, 5.74) is 8.69. The molecule has 0 fully saturated rings. The Balaban J connectivity index is 1.27. The van der Waals surface area contributed by atoms with Crippen LogP contribution in [0.25, 0.3) is 44.6 Å². The maximum atomic E-state index is 9.08. The third-order valence-corrected chi connectivity index (χ3v) is 6.30. The van der Waals surface area contributed by atoms with Crippen molar-refractivity contribution in [2.45, 2.75) is 6.42 Å². The number of fused-ring (bicyclic) bond motifs is 2. The number of hydrogen-bond donors (Lipinski definition) is 1. The van der Waals surface area contributed by atoms with Crippen LogP contribution in [0.15, 0.2) is 109 Å². The zero-order valence-corrected chi connectivity index (χ0v) is 18.5. The van der Waals surface area contributed by atoms with Crippen LogP contribution in [0.1, 0.15) is 23.4 Å². The summed E-state index contributed by atoms with van der Waals surface area (Å²) >= 11 is 0. The molecule has 34 heavy (non-hydrogen) atoms. The lowest BCUT2D eigenvalue weighted by atomic mass is 9.92. The Hall–Kier alpha value is -4.68. The Morgan fingerprint density at radius 1 is 0.853 bits per heavy atom. The molecule has 0 saturated heterocycles. The predicted octanol–water partition coefficient (Wildman–Crippen LogP) is 7.68. The molecule has 0 amide bonds. The van der Waals surface area contributed by atoms with Gasteiger partial charge in [-0.25, -0.2) is 4.98 Å². The van der Waals surface area contributed by atoms with Crippen molar-refractivity contribution >= 4 is 33.5 Å². The van der Waals surface area contributed by atoms with Crippen molar-refractivity contribution in [3.05, 3.63) is 126 Å². The monoisotopic (exact) mass is 435 g/mol. The van der Waals surface area contributed by atoms with E-state index in [-0.39, 0.29) is 0 Å². The highest BCUT2D eigenvalue weighted by Gasteiger charge is 2.09. The first-order chi connectivity index (χ1) is 16.8. The summed E-state index contributed by atoms with van der Waals surface area (Å²) in [7, 11) is 0. The van der Waals surface area contributed by atoms with Crippen molar-refractivity contribution < 1.29 is 0 Å². The van der Waals surface area contributed by atoms with Crippen LogP contribution in [0.3, 0.4) is 0 Å². The number of nitriles is 1. The number of allylic oxidation sites excluding steroid dienone is 5. The Morgan fingerprint density at radius 3 is 2.50 bits per heavy atom. The third kappa shape index (κ3) is 3.72. The van der Waals surface area contributed by atoms with E-state index in [0.29, 0.717) is 5.56 Å². The fourth-order valence-electron chi connectivity index (χ4n) is 4.54. The van der Waals surface area contributed by atoms with Crippen LogP contribution in [0.5, 0.6) is 0 Å². The molecule has 1 aromatic heterocycles. The van der Waals surface area contributed by atoms with E-state index in [4.69, 9.17) is 5.26 Å². The van der Waals surface area contributed by atoms with Gasteiger partial charge in [-0.05, 0) is 81.4 Å². The van der Waals surface area contributed by atoms with E-state index in [9.17, 15) is 0 Å². The van der Waals surface area contributed by atoms with E-state index in [1.54, 1.807) is 0 Å². The molecule has 3 nitrogen and oxygen atoms in total. The summed E-state index contributed by atoms with van der Waals surface area (Å²) in [6.45, 7) is 0. The first-order valence-corrected chi connectivity index (χ1v) is 11.3. The lowest BCUT2D eigenvalue weighted by Crippen LogP contribution is -1.90. The van der Waals surface area contributed by atoms with E-state index in [0.717, 1.165) is 28.8 Å². The fraction of sp³-hybridized carbons (Fsp3) is 0.0323. The molecule has 1 aliphatic carbocycles. The van der Waals surface area contributed by atoms with Crippen LogP contribution in [0, 0.1) is 11.3 Å². The van der Waals surface area contributed by atoms with E-state index < -0.39 is 0 Å². The largest absolute Gasteiger partial charge is 0.338 e. The van der Waals surface area contributed by atoms with E-state index >= 15 is 0 Å². The van der Waals surface area contributed by atoms with Crippen molar-refractivity contribution in [3.63, 3.8) is 0 Å². The van der Waals surface area contributed by atoms with Crippen LogP contribution in [0.4, 0.5) is 0 Å². The summed E-state index contributed by atoms with van der Waals surface area (Å²) < 4.78 is 0. The van der Waals surface area contributed by atoms with Gasteiger partial charge < -0.3 is 4.98 Å². The van der Waals surface area contributed by atoms with Crippen LogP contribution in [-0.4, -0.2) is 9.97 Å². The molecule has 0 bridgehead atoms. The van der Waals surface area contributed by atoms with Crippen molar-refractivity contribution in [3.8, 4) is 17.2 Å². The van der Waals surface area contributed by atoms with E-state index in [1.165, 1.54) is 33.0 Å². The molecule has 1 N–H and O–H groups in total. The summed E-state index contributed by atoms with van der Waals surface area (Å²) in [4.78, 5) is 8.03. The fourth-order valence-corrected chi connectivity index (χ4v) is 4.54. The summed E-state index contributed by atoms with van der Waals surface area (Å²) in [6, 6.07) is 31.1. The third-order valence-electron chi connectivity index (χ3n) is 6.30. The minimum absolute atomic E-state index is 0.677. The van der Waals surface area contributed by atoms with Crippen molar-refractivity contribution in [1.29, 1.82) is 5.26 Å². The van der Waals surface area contributed by atoms with Gasteiger partial charge in [0.1, 0.15) is 5.82 Å². The summed E-state index contributed by atoms with van der Waals surface area (Å²) in [6.07, 6.45) is 9.63. The molecule has 0 atom stereocenters. The Bertz CT molecular complexity index is 1640. The van der Waals surface area contributed by atoms with Gasteiger partial charge in [-0.2, -0.15) is 5.26 Å². The molecular formula is C31H21N3. The number of H-pyrrole nitrogens is 1. The molecular weight excluding hydrogens is 414 g/mol. The number of benzene rings is 4. The molecule has 1 aliphatic rings. The standard InChI is InChI=1S/C31H21N3/c32-20-22-10-14-24(15-11-22)27-5-3-4-26-19-25(16-17-28(26)27)23-12-8-21(9-13-23)18-31-33-29-6-1-2-7-30(29)34-31/h1-8,10-19H,9H2,(H,33,34)/b21-18+. The smallest absolute Gasteiger partial charge is 0.131 e. The molecule has 0 spiro atoms. The normalized spacial score (nSPS) is 14.4. The lowest BCUT2D eigenvalue weighted by Gasteiger charge is -2.12. The zero-order chi connectivity index (χ0) is 22.9. The number of para-hydroxylation sites is 2. The van der Waals surface area contributed by atoms with Crippen LogP contribution in [0.2, 0.25) is 0 Å². The molecule has 3 heteroatoms. The average molecular weight is 436 g/mol. The van der Waals surface area contributed by atoms with Gasteiger partial charge in [0.2, 0.25) is 0 Å². The number of aromatic amines is 1. The Morgan fingerprint density at radius 2 is 1.71 bits per heavy atom. The highest BCUT2D eigenvalue weighted by molar-refractivity contribution is 5.98. The molecule has 4 aromatic carbocycles. The van der Waals surface area contributed by atoms with Crippen molar-refractivity contribution in [1.82, 2.24) is 9.97 Å². The Kier molecular flexibility index (Phi) is 4.90. The van der Waals surface area contributed by atoms with Crippen LogP contribution >= 0.6 is 0 Å². The van der Waals surface area contributed by atoms with Crippen LogP contribution < -0.4 is 0 Å². The van der Waals surface area contributed by atoms with Gasteiger partial charge in [0.25, 0.3) is 0 Å². The molecule has 0 radical (unpaired) electrons. The zero-order valence-electron chi connectivity index (χ0n) is 18.5. The molecule has 0 saturated carbocycles. The van der Waals surface area contributed by atoms with E-state index in [1.807, 2.05) is 48.5 Å². The minimum atomic E-state index is 0.677. The number of rotatable bonds is 3. The molecule has 160 valence electrons. The van der Waals surface area contributed by atoms with Gasteiger partial charge in [-0.1, -0.05) is 72.8 Å². The first-order valence-electron chi connectivity index (χ1n) is 11.3. The molecule has 0 unspecified atom stereocenters. The van der Waals surface area contributed by atoms with Gasteiger partial charge in [0, 0.05) is 0 Å². The predicted molar refractivity (Wildman–Crippen MR) is 140 cm³/mol. The highest BCUT2D eigenvalue weighted by atomic mass is 14.9. The highest BCUT2D eigenvalue weighted by Crippen LogP contribution is 2.32. The maximum Gasteiger partial charge on any atom is 0.131 e. The SMILES string of the molecule is N#Cc1ccc(-c2cccc3cc(C4=CC/C(=C/c5nc6ccccc6[nH]5)C=C4)ccc23)cc1. The van der Waals surface area contributed by atoms with Gasteiger partial charge in [-0.15, -0.1) is 0 Å². The van der Waals surface area contributed by atoms with Gasteiger partial charge >= 0.3 is 0 Å². The second-order valence-electron chi connectivity index (χ2n) is 8.49. The molecule has 6 rings (SSSR count). The van der Waals surface area contributed by atoms with E-state index in [2.05, 4.69) is 76.7 Å². The summed E-state index contributed by atoms with van der Waals surface area (Å²) in [5.74, 6) is 0.888. The summed E-state index contributed by atoms with van der Waals surface area (Å²) in [5, 5.41) is 11.5. The first kappa shape index (κ1) is 20.0. The number of nitrogens with one attached hydrogen (secondary N) is 1. The topological polar surface area (TPSA) is 52.5 Å². The average Bonchev–Trinajstić information content (AvgIpc) is 3.31. The quantitative estimate of drug-likeness (QED) is 0.316. The van der Waals surface area contributed by atoms with Gasteiger partial charge in [-0.3, -0.25) is 0 Å². The van der Waals surface area contributed by atoms with Crippen molar-refractivity contribution in [2.75, 3.05) is 0 Å². The second-order valence-corrected chi connectivity index (χ2v) is 8.49. The molecule has 1 heterocycles. The number of nitrogens with zero attached hydrogens (tertiary/aromatic N) is 2. The lowest BCUT2D eigenvalue weighted by molar-refractivity contribution is 1.24. The second kappa shape index (κ2) is 8.35. The Labute approximate surface area is 198 Å².